The number of aromatic nitrogens is 2. The molecule has 2 N–H and O–H groups in total. The van der Waals surface area contributed by atoms with Gasteiger partial charge in [-0.05, 0) is 31.2 Å². The number of halogens is 3. The van der Waals surface area contributed by atoms with Crippen molar-refractivity contribution in [2.24, 2.45) is 0 Å². The van der Waals surface area contributed by atoms with Gasteiger partial charge in [-0.25, -0.2) is 9.37 Å². The van der Waals surface area contributed by atoms with Gasteiger partial charge in [-0.1, -0.05) is 23.2 Å². The zero-order chi connectivity index (χ0) is 15.1. The highest BCUT2D eigenvalue weighted by atomic mass is 35.5. The molecule has 0 fully saturated rings. The molecule has 0 saturated carbocycles. The first-order valence-electron chi connectivity index (χ1n) is 6.42. The van der Waals surface area contributed by atoms with E-state index in [0.29, 0.717) is 33.6 Å². The van der Waals surface area contributed by atoms with Crippen molar-refractivity contribution in [3.8, 4) is 11.4 Å². The van der Waals surface area contributed by atoms with Crippen molar-refractivity contribution in [1.82, 2.24) is 9.55 Å². The van der Waals surface area contributed by atoms with Gasteiger partial charge in [0.2, 0.25) is 0 Å². The molecule has 0 aliphatic heterocycles. The predicted molar refractivity (Wildman–Crippen MR) is 85.2 cm³/mol. The van der Waals surface area contributed by atoms with Crippen LogP contribution >= 0.6 is 23.2 Å². The standard InChI is InChI=1S/C15H12Cl2FN3/c1-2-21-13-4-3-9(18)7-12(13)20-15(21)8-5-10(16)14(19)11(17)6-8/h3-7H,2,19H2,1H3. The Labute approximate surface area is 131 Å². The second-order valence-corrected chi connectivity index (χ2v) is 5.48. The minimum Gasteiger partial charge on any atom is -0.396 e. The fourth-order valence-corrected chi connectivity index (χ4v) is 2.84. The van der Waals surface area contributed by atoms with Crippen LogP contribution in [0.15, 0.2) is 30.3 Å². The minimum atomic E-state index is -0.317. The van der Waals surface area contributed by atoms with Crippen LogP contribution in [-0.2, 0) is 6.54 Å². The Balaban J connectivity index is 2.29. The number of imidazole rings is 1. The van der Waals surface area contributed by atoms with Gasteiger partial charge < -0.3 is 10.3 Å². The summed E-state index contributed by atoms with van der Waals surface area (Å²) in [6.07, 6.45) is 0. The molecule has 2 aromatic carbocycles. The van der Waals surface area contributed by atoms with E-state index in [2.05, 4.69) is 4.98 Å². The summed E-state index contributed by atoms with van der Waals surface area (Å²) in [5.74, 6) is 0.366. The molecule has 21 heavy (non-hydrogen) atoms. The molecular weight excluding hydrogens is 312 g/mol. The third-order valence-electron chi connectivity index (χ3n) is 3.36. The maximum absolute atomic E-state index is 13.4. The topological polar surface area (TPSA) is 43.8 Å². The molecule has 0 saturated heterocycles. The number of benzene rings is 2. The predicted octanol–water partition coefficient (Wildman–Crippen LogP) is 4.75. The molecule has 3 nitrogen and oxygen atoms in total. The highest BCUT2D eigenvalue weighted by Gasteiger charge is 2.14. The average Bonchev–Trinajstić information content (AvgIpc) is 2.81. The van der Waals surface area contributed by atoms with Crippen molar-refractivity contribution in [3.63, 3.8) is 0 Å². The number of rotatable bonds is 2. The zero-order valence-corrected chi connectivity index (χ0v) is 12.7. The number of aryl methyl sites for hydroxylation is 1. The van der Waals surface area contributed by atoms with E-state index in [-0.39, 0.29) is 5.82 Å². The Morgan fingerprint density at radius 2 is 1.86 bits per heavy atom. The van der Waals surface area contributed by atoms with Crippen LogP contribution in [0.4, 0.5) is 10.1 Å². The van der Waals surface area contributed by atoms with E-state index in [4.69, 9.17) is 28.9 Å². The lowest BCUT2D eigenvalue weighted by molar-refractivity contribution is 0.629. The van der Waals surface area contributed by atoms with Crippen LogP contribution in [-0.4, -0.2) is 9.55 Å². The van der Waals surface area contributed by atoms with Crippen LogP contribution in [0, 0.1) is 5.82 Å². The van der Waals surface area contributed by atoms with Crippen LogP contribution in [0.25, 0.3) is 22.4 Å². The fraction of sp³-hybridized carbons (Fsp3) is 0.133. The van der Waals surface area contributed by atoms with Gasteiger partial charge in [0.05, 0.1) is 26.8 Å². The number of nitrogens with zero attached hydrogens (tertiary/aromatic N) is 2. The summed E-state index contributed by atoms with van der Waals surface area (Å²) in [5.41, 5.74) is 8.29. The van der Waals surface area contributed by atoms with E-state index in [0.717, 1.165) is 11.1 Å². The first kappa shape index (κ1) is 14.2. The summed E-state index contributed by atoms with van der Waals surface area (Å²) in [4.78, 5) is 4.49. The molecule has 0 atom stereocenters. The number of fused-ring (bicyclic) bond motifs is 1. The molecule has 1 heterocycles. The van der Waals surface area contributed by atoms with E-state index < -0.39 is 0 Å². The molecule has 0 aliphatic carbocycles. The largest absolute Gasteiger partial charge is 0.396 e. The summed E-state index contributed by atoms with van der Waals surface area (Å²) in [5, 5.41) is 0.747. The fourth-order valence-electron chi connectivity index (χ4n) is 2.36. The molecule has 0 aliphatic rings. The van der Waals surface area contributed by atoms with Crippen LogP contribution < -0.4 is 5.73 Å². The normalized spacial score (nSPS) is 11.2. The van der Waals surface area contributed by atoms with Crippen molar-refractivity contribution >= 4 is 39.9 Å². The maximum atomic E-state index is 13.4. The molecule has 0 radical (unpaired) electrons. The highest BCUT2D eigenvalue weighted by Crippen LogP contribution is 2.34. The highest BCUT2D eigenvalue weighted by molar-refractivity contribution is 6.39. The van der Waals surface area contributed by atoms with Crippen molar-refractivity contribution in [1.29, 1.82) is 0 Å². The summed E-state index contributed by atoms with van der Waals surface area (Å²) >= 11 is 12.2. The molecule has 0 amide bonds. The average molecular weight is 324 g/mol. The van der Waals surface area contributed by atoms with Gasteiger partial charge in [0.25, 0.3) is 0 Å². The van der Waals surface area contributed by atoms with Gasteiger partial charge in [0.15, 0.2) is 0 Å². The smallest absolute Gasteiger partial charge is 0.141 e. The van der Waals surface area contributed by atoms with Gasteiger partial charge in [0, 0.05) is 18.2 Å². The molecule has 0 unspecified atom stereocenters. The van der Waals surface area contributed by atoms with Crippen LogP contribution in [0.1, 0.15) is 6.92 Å². The van der Waals surface area contributed by atoms with Crippen molar-refractivity contribution in [2.75, 3.05) is 5.73 Å². The van der Waals surface area contributed by atoms with Gasteiger partial charge in [-0.3, -0.25) is 0 Å². The molecule has 0 bridgehead atoms. The summed E-state index contributed by atoms with van der Waals surface area (Å²) < 4.78 is 15.3. The first-order chi connectivity index (χ1) is 10.0. The van der Waals surface area contributed by atoms with E-state index in [9.17, 15) is 4.39 Å². The Hall–Kier alpha value is -1.78. The Kier molecular flexibility index (Phi) is 3.51. The third kappa shape index (κ3) is 2.34. The lowest BCUT2D eigenvalue weighted by Crippen LogP contribution is -1.98. The molecule has 3 aromatic rings. The van der Waals surface area contributed by atoms with Gasteiger partial charge in [-0.15, -0.1) is 0 Å². The van der Waals surface area contributed by atoms with Gasteiger partial charge in [-0.2, -0.15) is 0 Å². The van der Waals surface area contributed by atoms with Crippen molar-refractivity contribution in [2.45, 2.75) is 13.5 Å². The van der Waals surface area contributed by atoms with Gasteiger partial charge in [0.1, 0.15) is 11.6 Å². The quantitative estimate of drug-likeness (QED) is 0.691. The number of nitrogen functional groups attached to an aromatic ring is 1. The molecule has 3 rings (SSSR count). The molecular formula is C15H12Cl2FN3. The van der Waals surface area contributed by atoms with E-state index in [1.165, 1.54) is 12.1 Å². The molecule has 0 spiro atoms. The number of hydrogen-bond donors (Lipinski definition) is 1. The van der Waals surface area contributed by atoms with Gasteiger partial charge >= 0.3 is 0 Å². The maximum Gasteiger partial charge on any atom is 0.141 e. The lowest BCUT2D eigenvalue weighted by Gasteiger charge is -2.08. The minimum absolute atomic E-state index is 0.317. The van der Waals surface area contributed by atoms with E-state index >= 15 is 0 Å². The van der Waals surface area contributed by atoms with E-state index in [1.807, 2.05) is 11.5 Å². The van der Waals surface area contributed by atoms with Crippen LogP contribution in [0.2, 0.25) is 10.0 Å². The van der Waals surface area contributed by atoms with Crippen LogP contribution in [0.3, 0.4) is 0 Å². The number of anilines is 1. The monoisotopic (exact) mass is 323 g/mol. The van der Waals surface area contributed by atoms with Crippen molar-refractivity contribution < 1.29 is 4.39 Å². The molecule has 1 aromatic heterocycles. The zero-order valence-electron chi connectivity index (χ0n) is 11.2. The Bertz CT molecular complexity index is 819. The molecule has 6 heteroatoms. The second-order valence-electron chi connectivity index (χ2n) is 4.67. The molecule has 108 valence electrons. The van der Waals surface area contributed by atoms with Crippen molar-refractivity contribution in [3.05, 3.63) is 46.2 Å². The SMILES string of the molecule is CCn1c(-c2cc(Cl)c(N)c(Cl)c2)nc2cc(F)ccc21. The number of nitrogens with two attached hydrogens (primary N) is 1. The summed E-state index contributed by atoms with van der Waals surface area (Å²) in [6, 6.07) is 7.97. The first-order valence-corrected chi connectivity index (χ1v) is 7.17. The second kappa shape index (κ2) is 5.20. The summed E-state index contributed by atoms with van der Waals surface area (Å²) in [6.45, 7) is 2.69. The summed E-state index contributed by atoms with van der Waals surface area (Å²) in [7, 11) is 0. The lowest BCUT2D eigenvalue weighted by atomic mass is 10.2. The third-order valence-corrected chi connectivity index (χ3v) is 3.99. The van der Waals surface area contributed by atoms with E-state index in [1.54, 1.807) is 18.2 Å². The Morgan fingerprint density at radius 3 is 2.48 bits per heavy atom. The Morgan fingerprint density at radius 1 is 1.19 bits per heavy atom. The number of hydrogen-bond acceptors (Lipinski definition) is 2. The van der Waals surface area contributed by atoms with Crippen LogP contribution in [0.5, 0.6) is 0 Å².